The molecule has 1 N–H and O–H groups in total. The van der Waals surface area contributed by atoms with Crippen molar-refractivity contribution in [1.29, 1.82) is 0 Å². The van der Waals surface area contributed by atoms with E-state index in [4.69, 9.17) is 0 Å². The van der Waals surface area contributed by atoms with E-state index in [1.165, 1.54) is 16.7 Å². The Morgan fingerprint density at radius 3 is 2.00 bits per heavy atom. The third-order valence-electron chi connectivity index (χ3n) is 2.69. The number of rotatable bonds is 2. The molecule has 0 fully saturated rings. The lowest BCUT2D eigenvalue weighted by atomic mass is 9.85. The first-order valence-electron chi connectivity index (χ1n) is 5.53. The second-order valence-corrected chi connectivity index (χ2v) is 5.60. The summed E-state index contributed by atoms with van der Waals surface area (Å²) in [6.07, 6.45) is 1.06. The van der Waals surface area contributed by atoms with E-state index in [2.05, 4.69) is 46.8 Å². The van der Waals surface area contributed by atoms with Crippen LogP contribution in [0.3, 0.4) is 0 Å². The van der Waals surface area contributed by atoms with Gasteiger partial charge in [0.05, 0.1) is 6.61 Å². The summed E-state index contributed by atoms with van der Waals surface area (Å²) in [4.78, 5) is 0. The fraction of sp³-hybridized carbons (Fsp3) is 0.571. The van der Waals surface area contributed by atoms with Crippen LogP contribution < -0.4 is 0 Å². The van der Waals surface area contributed by atoms with Crippen LogP contribution in [0.4, 0.5) is 0 Å². The molecule has 0 radical (unpaired) electrons. The summed E-state index contributed by atoms with van der Waals surface area (Å²) in [7, 11) is 0. The Morgan fingerprint density at radius 2 is 1.53 bits per heavy atom. The number of benzene rings is 1. The van der Waals surface area contributed by atoms with Crippen molar-refractivity contribution in [3.8, 4) is 0 Å². The van der Waals surface area contributed by atoms with Gasteiger partial charge in [0, 0.05) is 0 Å². The number of aliphatic hydroxyl groups excluding tert-OH is 1. The highest BCUT2D eigenvalue weighted by atomic mass is 16.3. The van der Waals surface area contributed by atoms with E-state index in [-0.39, 0.29) is 6.61 Å². The molecule has 1 nitrogen and oxygen atoms in total. The van der Waals surface area contributed by atoms with Crippen LogP contribution in [0.1, 0.15) is 43.0 Å². The highest BCUT2D eigenvalue weighted by Crippen LogP contribution is 2.25. The number of aliphatic hydroxyl groups is 1. The average molecular weight is 206 g/mol. The van der Waals surface area contributed by atoms with Crippen LogP contribution in [0.2, 0.25) is 0 Å². The molecule has 0 bridgehead atoms. The Hall–Kier alpha value is -0.820. The van der Waals surface area contributed by atoms with Crippen LogP contribution in [0.15, 0.2) is 12.1 Å². The van der Waals surface area contributed by atoms with Gasteiger partial charge in [-0.15, -0.1) is 0 Å². The molecule has 1 heteroatoms. The second kappa shape index (κ2) is 4.36. The maximum absolute atomic E-state index is 9.23. The van der Waals surface area contributed by atoms with E-state index in [0.29, 0.717) is 5.41 Å². The third-order valence-corrected chi connectivity index (χ3v) is 2.69. The molecule has 0 amide bonds. The first-order chi connectivity index (χ1) is 6.83. The van der Waals surface area contributed by atoms with Crippen molar-refractivity contribution in [2.24, 2.45) is 5.41 Å². The normalized spacial score (nSPS) is 11.9. The Kier molecular flexibility index (Phi) is 3.56. The van der Waals surface area contributed by atoms with Crippen molar-refractivity contribution < 1.29 is 5.11 Å². The van der Waals surface area contributed by atoms with E-state index in [1.807, 2.05) is 0 Å². The van der Waals surface area contributed by atoms with E-state index in [1.54, 1.807) is 0 Å². The van der Waals surface area contributed by atoms with Crippen molar-refractivity contribution in [2.75, 3.05) is 0 Å². The van der Waals surface area contributed by atoms with Gasteiger partial charge in [0.1, 0.15) is 0 Å². The number of aryl methyl sites for hydroxylation is 2. The largest absolute Gasteiger partial charge is 0.392 e. The third kappa shape index (κ3) is 3.35. The zero-order chi connectivity index (χ0) is 11.6. The van der Waals surface area contributed by atoms with Gasteiger partial charge in [-0.2, -0.15) is 0 Å². The smallest absolute Gasteiger partial charge is 0.0684 e. The van der Waals surface area contributed by atoms with Gasteiger partial charge in [-0.1, -0.05) is 32.9 Å². The average Bonchev–Trinajstić information content (AvgIpc) is 2.07. The van der Waals surface area contributed by atoms with Crippen molar-refractivity contribution >= 4 is 0 Å². The molecule has 0 spiro atoms. The molecule has 0 aliphatic carbocycles. The van der Waals surface area contributed by atoms with Gasteiger partial charge in [0.25, 0.3) is 0 Å². The maximum atomic E-state index is 9.23. The molecule has 0 aromatic heterocycles. The molecule has 0 atom stereocenters. The second-order valence-electron chi connectivity index (χ2n) is 5.60. The van der Waals surface area contributed by atoms with Crippen LogP contribution in [-0.4, -0.2) is 5.11 Å². The topological polar surface area (TPSA) is 20.2 Å². The summed E-state index contributed by atoms with van der Waals surface area (Å²) < 4.78 is 0. The molecule has 1 aromatic carbocycles. The molecule has 84 valence electrons. The minimum Gasteiger partial charge on any atom is -0.392 e. The molecular formula is C14H22O. The van der Waals surface area contributed by atoms with Crippen molar-refractivity contribution in [3.63, 3.8) is 0 Å². The predicted octanol–water partition coefficient (Wildman–Crippen LogP) is 3.38. The van der Waals surface area contributed by atoms with Gasteiger partial charge in [-0.25, -0.2) is 0 Å². The van der Waals surface area contributed by atoms with Gasteiger partial charge < -0.3 is 5.11 Å². The maximum Gasteiger partial charge on any atom is 0.0684 e. The van der Waals surface area contributed by atoms with Crippen LogP contribution in [0.25, 0.3) is 0 Å². The monoisotopic (exact) mass is 206 g/mol. The molecule has 0 saturated heterocycles. The standard InChI is InChI=1S/C14H22O/c1-10-6-11(2)13(9-15)7-12(10)8-14(3,4)5/h6-7,15H,8-9H2,1-5H3. The summed E-state index contributed by atoms with van der Waals surface area (Å²) in [5.41, 5.74) is 5.23. The molecule has 15 heavy (non-hydrogen) atoms. The fourth-order valence-corrected chi connectivity index (χ4v) is 1.88. The molecule has 1 rings (SSSR count). The Bertz CT molecular complexity index is 345. The van der Waals surface area contributed by atoms with E-state index in [9.17, 15) is 5.11 Å². The molecule has 0 aliphatic heterocycles. The SMILES string of the molecule is Cc1cc(C)c(CC(C)(C)C)cc1CO. The minimum absolute atomic E-state index is 0.142. The Morgan fingerprint density at radius 1 is 1.00 bits per heavy atom. The molecule has 1 aromatic rings. The van der Waals surface area contributed by atoms with Gasteiger partial charge in [-0.3, -0.25) is 0 Å². The highest BCUT2D eigenvalue weighted by Gasteiger charge is 2.13. The first-order valence-corrected chi connectivity index (χ1v) is 5.53. The summed E-state index contributed by atoms with van der Waals surface area (Å²) >= 11 is 0. The van der Waals surface area contributed by atoms with Crippen LogP contribution in [0.5, 0.6) is 0 Å². The number of hydrogen-bond acceptors (Lipinski definition) is 1. The Labute approximate surface area is 93.1 Å². The van der Waals surface area contributed by atoms with Gasteiger partial charge in [0.2, 0.25) is 0 Å². The zero-order valence-electron chi connectivity index (χ0n) is 10.5. The van der Waals surface area contributed by atoms with E-state index >= 15 is 0 Å². The first kappa shape index (κ1) is 12.3. The summed E-state index contributed by atoms with van der Waals surface area (Å²) in [6.45, 7) is 11.1. The quantitative estimate of drug-likeness (QED) is 0.786. The van der Waals surface area contributed by atoms with Crippen molar-refractivity contribution in [1.82, 2.24) is 0 Å². The van der Waals surface area contributed by atoms with Gasteiger partial charge in [0.15, 0.2) is 0 Å². The van der Waals surface area contributed by atoms with Crippen LogP contribution in [0, 0.1) is 19.3 Å². The molecule has 0 heterocycles. The molecule has 0 unspecified atom stereocenters. The summed E-state index contributed by atoms with van der Waals surface area (Å²) in [5, 5.41) is 9.23. The van der Waals surface area contributed by atoms with Crippen molar-refractivity contribution in [2.45, 2.75) is 47.6 Å². The summed E-state index contributed by atoms with van der Waals surface area (Å²) in [6, 6.07) is 4.32. The van der Waals surface area contributed by atoms with Crippen LogP contribution >= 0.6 is 0 Å². The fourth-order valence-electron chi connectivity index (χ4n) is 1.88. The Balaban J connectivity index is 3.08. The van der Waals surface area contributed by atoms with E-state index in [0.717, 1.165) is 12.0 Å². The summed E-state index contributed by atoms with van der Waals surface area (Å²) in [5.74, 6) is 0. The van der Waals surface area contributed by atoms with Crippen molar-refractivity contribution in [3.05, 3.63) is 34.4 Å². The molecular weight excluding hydrogens is 184 g/mol. The van der Waals surface area contributed by atoms with Crippen LogP contribution in [-0.2, 0) is 13.0 Å². The number of hydrogen-bond donors (Lipinski definition) is 1. The predicted molar refractivity (Wildman–Crippen MR) is 65.0 cm³/mol. The van der Waals surface area contributed by atoms with Gasteiger partial charge in [-0.05, 0) is 47.9 Å². The molecule has 0 aliphatic rings. The minimum atomic E-state index is 0.142. The lowest BCUT2D eigenvalue weighted by Gasteiger charge is -2.20. The molecule has 0 saturated carbocycles. The van der Waals surface area contributed by atoms with Gasteiger partial charge >= 0.3 is 0 Å². The highest BCUT2D eigenvalue weighted by molar-refractivity contribution is 5.37. The lowest BCUT2D eigenvalue weighted by molar-refractivity contribution is 0.280. The lowest BCUT2D eigenvalue weighted by Crippen LogP contribution is -2.11. The zero-order valence-corrected chi connectivity index (χ0v) is 10.5. The van der Waals surface area contributed by atoms with E-state index < -0.39 is 0 Å².